The van der Waals surface area contributed by atoms with Gasteiger partial charge in [-0.25, -0.2) is 0 Å². The number of morpholine rings is 1. The smallest absolute Gasteiger partial charge is 0.236 e. The Bertz CT molecular complexity index is 680. The van der Waals surface area contributed by atoms with Crippen LogP contribution in [0.5, 0.6) is 5.75 Å². The summed E-state index contributed by atoms with van der Waals surface area (Å²) >= 11 is 0. The van der Waals surface area contributed by atoms with Crippen molar-refractivity contribution in [2.24, 2.45) is 0 Å². The molecule has 2 aliphatic heterocycles. The Morgan fingerprint density at radius 3 is 2.21 bits per heavy atom. The second-order valence-corrected chi connectivity index (χ2v) is 7.49. The molecule has 2 heterocycles. The van der Waals surface area contributed by atoms with Crippen molar-refractivity contribution in [1.82, 2.24) is 14.7 Å². The van der Waals surface area contributed by atoms with Crippen molar-refractivity contribution < 1.29 is 19.1 Å². The molecule has 0 radical (unpaired) electrons. The number of ether oxygens (including phenoxy) is 2. The summed E-state index contributed by atoms with van der Waals surface area (Å²) in [5.74, 6) is 1.03. The van der Waals surface area contributed by atoms with Crippen LogP contribution in [0, 0.1) is 13.8 Å². The first-order chi connectivity index (χ1) is 13.5. The van der Waals surface area contributed by atoms with Crippen LogP contribution in [-0.4, -0.2) is 92.1 Å². The summed E-state index contributed by atoms with van der Waals surface area (Å²) in [6, 6.07) is 5.96. The van der Waals surface area contributed by atoms with E-state index < -0.39 is 0 Å². The molecule has 2 fully saturated rings. The van der Waals surface area contributed by atoms with E-state index in [9.17, 15) is 9.59 Å². The Morgan fingerprint density at radius 2 is 1.57 bits per heavy atom. The molecule has 1 aromatic carbocycles. The van der Waals surface area contributed by atoms with Gasteiger partial charge in [0.2, 0.25) is 11.8 Å². The molecule has 0 bridgehead atoms. The van der Waals surface area contributed by atoms with Crippen molar-refractivity contribution in [2.45, 2.75) is 20.3 Å². The van der Waals surface area contributed by atoms with Gasteiger partial charge in [-0.15, -0.1) is 0 Å². The third-order valence-electron chi connectivity index (χ3n) is 5.51. The number of piperazine rings is 1. The predicted molar refractivity (Wildman–Crippen MR) is 106 cm³/mol. The molecule has 154 valence electrons. The fourth-order valence-corrected chi connectivity index (χ4v) is 3.47. The molecule has 7 heteroatoms. The quantitative estimate of drug-likeness (QED) is 0.729. The largest absolute Gasteiger partial charge is 0.493 e. The summed E-state index contributed by atoms with van der Waals surface area (Å²) in [6.45, 7) is 10.3. The molecule has 0 aliphatic carbocycles. The number of carbonyl (C=O) groups is 2. The molecule has 2 saturated heterocycles. The second kappa shape index (κ2) is 9.89. The lowest BCUT2D eigenvalue weighted by atomic mass is 10.1. The highest BCUT2D eigenvalue weighted by atomic mass is 16.5. The predicted octanol–water partition coefficient (Wildman–Crippen LogP) is 1.08. The molecule has 3 rings (SSSR count). The third kappa shape index (κ3) is 5.69. The van der Waals surface area contributed by atoms with Crippen molar-refractivity contribution in [3.63, 3.8) is 0 Å². The SMILES string of the molecule is Cc1ccc(OCCC(=O)N2CCN(C(=O)CN3CCOCC3)CC2)cc1C. The summed E-state index contributed by atoms with van der Waals surface area (Å²) in [4.78, 5) is 30.7. The average molecular weight is 389 g/mol. The number of amides is 2. The van der Waals surface area contributed by atoms with Gasteiger partial charge in [0, 0.05) is 39.3 Å². The number of hydrogen-bond donors (Lipinski definition) is 0. The Morgan fingerprint density at radius 1 is 0.929 bits per heavy atom. The molecule has 0 unspecified atom stereocenters. The zero-order valence-electron chi connectivity index (χ0n) is 17.0. The van der Waals surface area contributed by atoms with Crippen molar-refractivity contribution in [3.8, 4) is 5.75 Å². The van der Waals surface area contributed by atoms with Crippen LogP contribution < -0.4 is 4.74 Å². The highest BCUT2D eigenvalue weighted by Gasteiger charge is 2.25. The van der Waals surface area contributed by atoms with E-state index in [-0.39, 0.29) is 11.8 Å². The highest BCUT2D eigenvalue weighted by Crippen LogP contribution is 2.16. The number of carbonyl (C=O) groups excluding carboxylic acids is 2. The maximum absolute atomic E-state index is 12.4. The maximum atomic E-state index is 12.4. The fraction of sp³-hybridized carbons (Fsp3) is 0.619. The summed E-state index contributed by atoms with van der Waals surface area (Å²) < 4.78 is 11.0. The van der Waals surface area contributed by atoms with Crippen molar-refractivity contribution in [2.75, 3.05) is 65.6 Å². The van der Waals surface area contributed by atoms with E-state index >= 15 is 0 Å². The molecule has 7 nitrogen and oxygen atoms in total. The fourth-order valence-electron chi connectivity index (χ4n) is 3.47. The normalized spacial score (nSPS) is 18.2. The standard InChI is InChI=1S/C21H31N3O4/c1-17-3-4-19(15-18(17)2)28-12-5-20(25)23-6-8-24(9-7-23)21(26)16-22-10-13-27-14-11-22/h3-4,15H,5-14,16H2,1-2H3. The number of hydrogen-bond acceptors (Lipinski definition) is 5. The molecular formula is C21H31N3O4. The summed E-state index contributed by atoms with van der Waals surface area (Å²) in [7, 11) is 0. The minimum atomic E-state index is 0.0871. The molecule has 1 aromatic rings. The zero-order valence-corrected chi connectivity index (χ0v) is 17.0. The van der Waals surface area contributed by atoms with Crippen LogP contribution in [0.15, 0.2) is 18.2 Å². The lowest BCUT2D eigenvalue weighted by Gasteiger charge is -2.36. The molecule has 0 saturated carbocycles. The lowest BCUT2D eigenvalue weighted by molar-refractivity contribution is -0.141. The molecule has 0 atom stereocenters. The molecule has 2 amide bonds. The van der Waals surface area contributed by atoms with Gasteiger partial charge >= 0.3 is 0 Å². The van der Waals surface area contributed by atoms with Crippen LogP contribution >= 0.6 is 0 Å². The molecule has 2 aliphatic rings. The van der Waals surface area contributed by atoms with Gasteiger partial charge in [-0.2, -0.15) is 0 Å². The summed E-state index contributed by atoms with van der Waals surface area (Å²) in [5, 5.41) is 0. The van der Waals surface area contributed by atoms with Gasteiger partial charge in [0.25, 0.3) is 0 Å². The Hall–Kier alpha value is -2.12. The van der Waals surface area contributed by atoms with Crippen LogP contribution in [-0.2, 0) is 14.3 Å². The van der Waals surface area contributed by atoms with Crippen LogP contribution in [0.4, 0.5) is 0 Å². The number of nitrogens with zero attached hydrogens (tertiary/aromatic N) is 3. The zero-order chi connectivity index (χ0) is 19.9. The van der Waals surface area contributed by atoms with E-state index in [1.54, 1.807) is 0 Å². The van der Waals surface area contributed by atoms with Gasteiger partial charge < -0.3 is 19.3 Å². The minimum Gasteiger partial charge on any atom is -0.493 e. The Kier molecular flexibility index (Phi) is 7.28. The van der Waals surface area contributed by atoms with E-state index in [0.717, 1.165) is 18.8 Å². The monoisotopic (exact) mass is 389 g/mol. The highest BCUT2D eigenvalue weighted by molar-refractivity contribution is 5.79. The van der Waals surface area contributed by atoms with Gasteiger partial charge in [0.05, 0.1) is 32.8 Å². The minimum absolute atomic E-state index is 0.0871. The Balaban J connectivity index is 1.36. The van der Waals surface area contributed by atoms with Gasteiger partial charge in [-0.05, 0) is 37.1 Å². The van der Waals surface area contributed by atoms with Crippen LogP contribution in [0.2, 0.25) is 0 Å². The maximum Gasteiger partial charge on any atom is 0.236 e. The van der Waals surface area contributed by atoms with Crippen molar-refractivity contribution in [1.29, 1.82) is 0 Å². The summed E-state index contributed by atoms with van der Waals surface area (Å²) in [5.41, 5.74) is 2.41. The molecule has 28 heavy (non-hydrogen) atoms. The Labute approximate surface area is 167 Å². The van der Waals surface area contributed by atoms with Crippen molar-refractivity contribution in [3.05, 3.63) is 29.3 Å². The molecule has 0 N–H and O–H groups in total. The van der Waals surface area contributed by atoms with Crippen LogP contribution in [0.3, 0.4) is 0 Å². The van der Waals surface area contributed by atoms with E-state index in [1.165, 1.54) is 11.1 Å². The van der Waals surface area contributed by atoms with E-state index in [2.05, 4.69) is 11.8 Å². The number of rotatable bonds is 6. The lowest BCUT2D eigenvalue weighted by Crippen LogP contribution is -2.53. The van der Waals surface area contributed by atoms with Gasteiger partial charge in [0.15, 0.2) is 0 Å². The molecule has 0 aromatic heterocycles. The first-order valence-electron chi connectivity index (χ1n) is 10.1. The third-order valence-corrected chi connectivity index (χ3v) is 5.51. The second-order valence-electron chi connectivity index (χ2n) is 7.49. The van der Waals surface area contributed by atoms with Crippen molar-refractivity contribution >= 4 is 11.8 Å². The van der Waals surface area contributed by atoms with Gasteiger partial charge in [-0.1, -0.05) is 6.07 Å². The molecular weight excluding hydrogens is 358 g/mol. The number of aryl methyl sites for hydroxylation is 2. The van der Waals surface area contributed by atoms with E-state index in [4.69, 9.17) is 9.47 Å². The first kappa shape index (κ1) is 20.6. The molecule has 0 spiro atoms. The first-order valence-corrected chi connectivity index (χ1v) is 10.1. The topological polar surface area (TPSA) is 62.3 Å². The van der Waals surface area contributed by atoms with E-state index in [1.807, 2.05) is 34.9 Å². The van der Waals surface area contributed by atoms with Crippen LogP contribution in [0.1, 0.15) is 17.5 Å². The van der Waals surface area contributed by atoms with E-state index in [0.29, 0.717) is 59.0 Å². The number of benzene rings is 1. The van der Waals surface area contributed by atoms with Crippen LogP contribution in [0.25, 0.3) is 0 Å². The average Bonchev–Trinajstić information content (AvgIpc) is 2.71. The van der Waals surface area contributed by atoms with Gasteiger partial charge in [-0.3, -0.25) is 14.5 Å². The van der Waals surface area contributed by atoms with Gasteiger partial charge in [0.1, 0.15) is 5.75 Å². The summed E-state index contributed by atoms with van der Waals surface area (Å²) in [6.07, 6.45) is 0.356.